The van der Waals surface area contributed by atoms with Crippen molar-refractivity contribution < 1.29 is 4.74 Å². The zero-order valence-electron chi connectivity index (χ0n) is 9.96. The summed E-state index contributed by atoms with van der Waals surface area (Å²) < 4.78 is 6.51. The molecule has 0 saturated heterocycles. The lowest BCUT2D eigenvalue weighted by Gasteiger charge is -2.15. The van der Waals surface area contributed by atoms with Gasteiger partial charge in [-0.3, -0.25) is 0 Å². The van der Waals surface area contributed by atoms with Crippen LogP contribution in [0.1, 0.15) is 38.6 Å². The van der Waals surface area contributed by atoms with Crippen molar-refractivity contribution in [3.63, 3.8) is 0 Å². The van der Waals surface area contributed by atoms with Crippen molar-refractivity contribution in [2.45, 2.75) is 32.8 Å². The number of nitrogens with zero attached hydrogens (tertiary/aromatic N) is 2. The van der Waals surface area contributed by atoms with E-state index in [1.54, 1.807) is 6.20 Å². The van der Waals surface area contributed by atoms with Crippen molar-refractivity contribution in [2.75, 3.05) is 19.0 Å². The molecule has 16 heavy (non-hydrogen) atoms. The Morgan fingerprint density at radius 3 is 2.81 bits per heavy atom. The predicted octanol–water partition coefficient (Wildman–Crippen LogP) is 3.16. The van der Waals surface area contributed by atoms with Crippen LogP contribution in [0.2, 0.25) is 0 Å². The summed E-state index contributed by atoms with van der Waals surface area (Å²) in [5, 5.41) is 3.02. The lowest BCUT2D eigenvalue weighted by atomic mass is 10.2. The Balaban J connectivity index is 2.90. The number of ether oxygens (including phenoxy) is 1. The van der Waals surface area contributed by atoms with Crippen LogP contribution < -0.4 is 5.32 Å². The van der Waals surface area contributed by atoms with E-state index in [0.29, 0.717) is 6.61 Å². The maximum absolute atomic E-state index is 5.64. The maximum Gasteiger partial charge on any atom is 0.159 e. The first-order valence-corrected chi connectivity index (χ1v) is 6.34. The second kappa shape index (κ2) is 6.81. The molecule has 0 amide bonds. The highest BCUT2D eigenvalue weighted by Gasteiger charge is 2.15. The van der Waals surface area contributed by atoms with E-state index < -0.39 is 0 Å². The van der Waals surface area contributed by atoms with Crippen LogP contribution in [0.5, 0.6) is 0 Å². The third kappa shape index (κ3) is 3.42. The summed E-state index contributed by atoms with van der Waals surface area (Å²) in [6.45, 7) is 4.79. The Hall–Kier alpha value is -0.680. The van der Waals surface area contributed by atoms with E-state index in [9.17, 15) is 0 Å². The summed E-state index contributed by atoms with van der Waals surface area (Å²) in [5.74, 6) is 1.54. The summed E-state index contributed by atoms with van der Waals surface area (Å²) >= 11 is 3.39. The number of rotatable bonds is 6. The van der Waals surface area contributed by atoms with Crippen molar-refractivity contribution in [2.24, 2.45) is 0 Å². The fourth-order valence-electron chi connectivity index (χ4n) is 1.46. The van der Waals surface area contributed by atoms with Gasteiger partial charge in [-0.15, -0.1) is 0 Å². The molecule has 1 atom stereocenters. The normalized spacial score (nSPS) is 12.5. The zero-order valence-corrected chi connectivity index (χ0v) is 11.5. The van der Waals surface area contributed by atoms with Crippen LogP contribution in [0.3, 0.4) is 0 Å². The molecule has 0 fully saturated rings. The van der Waals surface area contributed by atoms with Gasteiger partial charge in [-0.25, -0.2) is 9.97 Å². The summed E-state index contributed by atoms with van der Waals surface area (Å²) in [6, 6.07) is 0. The minimum absolute atomic E-state index is 0.00444. The van der Waals surface area contributed by atoms with E-state index in [1.807, 2.05) is 14.0 Å². The van der Waals surface area contributed by atoms with E-state index >= 15 is 0 Å². The zero-order chi connectivity index (χ0) is 12.0. The van der Waals surface area contributed by atoms with Gasteiger partial charge in [0.2, 0.25) is 0 Å². The third-order valence-corrected chi connectivity index (χ3v) is 2.79. The van der Waals surface area contributed by atoms with Gasteiger partial charge in [0, 0.05) is 19.9 Å². The molecular formula is C11H18BrN3O. The van der Waals surface area contributed by atoms with E-state index in [1.165, 1.54) is 0 Å². The molecule has 0 radical (unpaired) electrons. The lowest BCUT2D eigenvalue weighted by molar-refractivity contribution is 0.0494. The number of hydrogen-bond acceptors (Lipinski definition) is 4. The van der Waals surface area contributed by atoms with Gasteiger partial charge in [0.1, 0.15) is 11.9 Å². The Kier molecular flexibility index (Phi) is 5.69. The third-order valence-electron chi connectivity index (χ3n) is 2.21. The highest BCUT2D eigenvalue weighted by molar-refractivity contribution is 9.10. The summed E-state index contributed by atoms with van der Waals surface area (Å²) in [7, 11) is 1.84. The smallest absolute Gasteiger partial charge is 0.159 e. The molecule has 0 spiro atoms. The lowest BCUT2D eigenvalue weighted by Crippen LogP contribution is -2.10. The van der Waals surface area contributed by atoms with Gasteiger partial charge in [-0.05, 0) is 29.3 Å². The van der Waals surface area contributed by atoms with Crippen LogP contribution in [-0.4, -0.2) is 23.6 Å². The fraction of sp³-hybridized carbons (Fsp3) is 0.636. The van der Waals surface area contributed by atoms with Gasteiger partial charge in [0.05, 0.1) is 4.47 Å². The summed E-state index contributed by atoms with van der Waals surface area (Å²) in [6.07, 6.45) is 3.75. The van der Waals surface area contributed by atoms with Crippen molar-refractivity contribution in [1.82, 2.24) is 9.97 Å². The average Bonchev–Trinajstić information content (AvgIpc) is 2.29. The van der Waals surface area contributed by atoms with E-state index in [4.69, 9.17) is 4.74 Å². The Morgan fingerprint density at radius 1 is 1.50 bits per heavy atom. The van der Waals surface area contributed by atoms with Gasteiger partial charge in [-0.1, -0.05) is 13.3 Å². The Morgan fingerprint density at radius 2 is 2.25 bits per heavy atom. The van der Waals surface area contributed by atoms with Crippen LogP contribution in [0.15, 0.2) is 10.7 Å². The second-order valence-corrected chi connectivity index (χ2v) is 4.26. The molecule has 0 aliphatic heterocycles. The second-order valence-electron chi connectivity index (χ2n) is 3.41. The molecule has 1 unspecified atom stereocenters. The molecule has 0 saturated carbocycles. The molecule has 1 N–H and O–H groups in total. The monoisotopic (exact) mass is 287 g/mol. The van der Waals surface area contributed by atoms with Crippen LogP contribution in [0.4, 0.5) is 5.82 Å². The first-order chi connectivity index (χ1) is 7.72. The van der Waals surface area contributed by atoms with Crippen LogP contribution in [0.25, 0.3) is 0 Å². The first-order valence-electron chi connectivity index (χ1n) is 5.54. The quantitative estimate of drug-likeness (QED) is 0.873. The Labute approximate surface area is 105 Å². The number of hydrogen-bond donors (Lipinski definition) is 1. The van der Waals surface area contributed by atoms with Crippen molar-refractivity contribution in [3.05, 3.63) is 16.5 Å². The molecule has 0 aromatic carbocycles. The standard InChI is InChI=1S/C11H18BrN3O/c1-4-6-9(16-5-2)11-14-7-8(12)10(13-3)15-11/h7,9H,4-6H2,1-3H3,(H,13,14,15). The van der Waals surface area contributed by atoms with E-state index in [2.05, 4.69) is 38.1 Å². The number of halogens is 1. The molecular weight excluding hydrogens is 270 g/mol. The molecule has 0 bridgehead atoms. The molecule has 90 valence electrons. The molecule has 0 aliphatic carbocycles. The number of nitrogens with one attached hydrogen (secondary N) is 1. The van der Waals surface area contributed by atoms with Crippen molar-refractivity contribution in [1.29, 1.82) is 0 Å². The largest absolute Gasteiger partial charge is 0.372 e. The molecule has 1 aromatic heterocycles. The fourth-order valence-corrected chi connectivity index (χ4v) is 1.85. The average molecular weight is 288 g/mol. The number of aromatic nitrogens is 2. The number of anilines is 1. The SMILES string of the molecule is CCCC(OCC)c1ncc(Br)c(NC)n1. The first kappa shape index (κ1) is 13.4. The van der Waals surface area contributed by atoms with E-state index in [0.717, 1.165) is 29.0 Å². The van der Waals surface area contributed by atoms with Crippen molar-refractivity contribution in [3.8, 4) is 0 Å². The summed E-state index contributed by atoms with van der Waals surface area (Å²) in [4.78, 5) is 8.74. The molecule has 1 heterocycles. The van der Waals surface area contributed by atoms with Crippen LogP contribution in [0, 0.1) is 0 Å². The molecule has 1 rings (SSSR count). The summed E-state index contributed by atoms with van der Waals surface area (Å²) in [5.41, 5.74) is 0. The van der Waals surface area contributed by atoms with Gasteiger partial charge in [0.25, 0.3) is 0 Å². The van der Waals surface area contributed by atoms with Gasteiger partial charge in [-0.2, -0.15) is 0 Å². The van der Waals surface area contributed by atoms with E-state index in [-0.39, 0.29) is 6.10 Å². The van der Waals surface area contributed by atoms with Crippen LogP contribution in [-0.2, 0) is 4.74 Å². The van der Waals surface area contributed by atoms with Crippen LogP contribution >= 0.6 is 15.9 Å². The minimum atomic E-state index is -0.00444. The Bertz CT molecular complexity index is 327. The topological polar surface area (TPSA) is 47.0 Å². The van der Waals surface area contributed by atoms with Crippen molar-refractivity contribution >= 4 is 21.7 Å². The predicted molar refractivity (Wildman–Crippen MR) is 68.6 cm³/mol. The highest BCUT2D eigenvalue weighted by Crippen LogP contribution is 2.24. The highest BCUT2D eigenvalue weighted by atomic mass is 79.9. The maximum atomic E-state index is 5.64. The molecule has 4 nitrogen and oxygen atoms in total. The minimum Gasteiger partial charge on any atom is -0.372 e. The van der Waals surface area contributed by atoms with Gasteiger partial charge >= 0.3 is 0 Å². The van der Waals surface area contributed by atoms with Gasteiger partial charge in [0.15, 0.2) is 5.82 Å². The molecule has 1 aromatic rings. The molecule has 5 heteroatoms. The van der Waals surface area contributed by atoms with Gasteiger partial charge < -0.3 is 10.1 Å². The molecule has 0 aliphatic rings.